The lowest BCUT2D eigenvalue weighted by Gasteiger charge is -2.41. The van der Waals surface area contributed by atoms with Crippen LogP contribution in [0, 0.1) is 79.8 Å². The van der Waals surface area contributed by atoms with Gasteiger partial charge in [0.25, 0.3) is 17.7 Å². The fourth-order valence-corrected chi connectivity index (χ4v) is 28.1. The number of amides is 15. The van der Waals surface area contributed by atoms with E-state index >= 15 is 0 Å². The SMILES string of the molecule is C=CCNC(=O)C(=O)C(CC1CC1)NC(=O)[C@@H]1[C@@H]2[C@H](CN1C(=O)[C@@H](NC(=O)NC1(CS(=O)(=O)C(C)(C)C)CCCCC1)C(C)(C)C)C2(C)C.C=CCNC(=O)C(=O)C(CC1CC1)NC(=O)[C@@H]1[C@@H]2[C@H](CN1C(=O)[C@@H](NC(=O)NC1(CS(=O)(=O)C(C)(C)CC)CCCCC1)C(C)(C)C)C2(C)C.C=CCNC(=O)C(=O)C(CCCC)NC(=O)[C@@H]1[C@@H]2[C@H](CN1C(=O)[C@@H](NC(=O)NC1(CS(=O)(=O)C(C)(C)C)CCCCC1)C(C)(C)C)C2(C)C. The number of sulfone groups is 3. The van der Waals surface area contributed by atoms with Gasteiger partial charge < -0.3 is 78.5 Å². The highest BCUT2D eigenvalue weighted by Crippen LogP contribution is 2.67. The molecule has 0 aromatic carbocycles. The maximum Gasteiger partial charge on any atom is 0.315 e. The van der Waals surface area contributed by atoms with Crippen LogP contribution < -0.4 is 63.8 Å². The number of ketones is 3. The van der Waals surface area contributed by atoms with E-state index in [1.807, 2.05) is 76.2 Å². The van der Waals surface area contributed by atoms with Gasteiger partial charge in [0, 0.05) is 39.3 Å². The zero-order valence-corrected chi connectivity index (χ0v) is 95.8. The van der Waals surface area contributed by atoms with Crippen molar-refractivity contribution in [3.05, 3.63) is 38.0 Å². The minimum absolute atomic E-state index is 0.0513. The molecule has 836 valence electrons. The number of rotatable bonds is 42. The third kappa shape index (κ3) is 29.4. The van der Waals surface area contributed by atoms with E-state index in [1.54, 1.807) is 55.4 Å². The van der Waals surface area contributed by atoms with E-state index in [1.165, 1.54) is 32.9 Å². The number of carbonyl (C=O) groups excluding carboxylic acids is 15. The van der Waals surface area contributed by atoms with Crippen LogP contribution in [0.4, 0.5) is 14.4 Å². The molecule has 15 atom stereocenters. The summed E-state index contributed by atoms with van der Waals surface area (Å²) < 4.78 is 77.4. The Labute approximate surface area is 881 Å². The average molecular weight is 2130 g/mol. The fourth-order valence-electron chi connectivity index (χ4n) is 23.2. The maximum atomic E-state index is 14.5. The van der Waals surface area contributed by atoms with Crippen molar-refractivity contribution < 1.29 is 97.2 Å². The van der Waals surface area contributed by atoms with Crippen LogP contribution in [0.1, 0.15) is 334 Å². The second-order valence-corrected chi connectivity index (χ2v) is 60.4. The highest BCUT2D eigenvalue weighted by molar-refractivity contribution is 7.93. The number of likely N-dealkylation sites (tertiary alicyclic amines) is 3. The summed E-state index contributed by atoms with van der Waals surface area (Å²) in [4.78, 5) is 209. The summed E-state index contributed by atoms with van der Waals surface area (Å²) in [5, 5.41) is 33.7. The first-order valence-electron chi connectivity index (χ1n) is 54.2. The largest absolute Gasteiger partial charge is 0.346 e. The van der Waals surface area contributed by atoms with Gasteiger partial charge in [-0.05, 0) is 199 Å². The van der Waals surface area contributed by atoms with E-state index in [9.17, 15) is 97.2 Å². The van der Waals surface area contributed by atoms with Gasteiger partial charge in [-0.2, -0.15) is 0 Å². The van der Waals surface area contributed by atoms with Gasteiger partial charge in [-0.1, -0.05) is 232 Å². The standard InChI is InChI=1S/C37H61N5O7S.C36H59N5O7S.C36H61N5O7S/c1-10-19-38-31(45)28(43)25(20-23-15-16-23)39-30(44)27-26-24(36(26,8)9)21-42(27)32(46)29(34(3,4)5)40-33(47)41-37(17-13-12-14-18-37)22-50(48,49)35(6,7)11-2;1-10-18-37-30(44)27(42)24(19-22-14-15-22)38-29(43)26-25-23(35(25,8)9)20-41(26)31(45)28(33(2,3)4)39-32(46)40-36(16-12-11-13-17-36)21-49(47,48)34(5,6)7;1-11-13-17-24(27(42)30(44)37-20-12-2)38-29(43)26-25-23(35(25,9)10)21-41(26)31(45)28(33(3,4)5)39-32(46)40-36(18-15-14-16-19-36)22-49(47,48)34(6,7)8/h10,23-27,29H,1,11-22H2,2-9H3,(H,38,45)(H,39,44)(H2,40,41,47);10,22-26,28H,1,11-21H2,2-9H3,(H,37,44)(H,38,43)(H2,39,40,46);12,23-26,28H,2,11,13-22H2,1,3-10H3,(H,37,44)(H,38,43)(H2,39,40,46)/t24-,25?,26-,27-,29+;2*23-,24?,25-,26-,28+/m000/s1. The molecule has 0 bridgehead atoms. The van der Waals surface area contributed by atoms with E-state index in [0.717, 1.165) is 89.9 Å². The van der Waals surface area contributed by atoms with E-state index in [4.69, 9.17) is 0 Å². The smallest absolute Gasteiger partial charge is 0.315 e. The van der Waals surface area contributed by atoms with Gasteiger partial charge >= 0.3 is 18.1 Å². The Kier molecular flexibility index (Phi) is 38.9. The van der Waals surface area contributed by atoms with Crippen LogP contribution >= 0.6 is 0 Å². The molecule has 3 saturated heterocycles. The Hall–Kier alpha value is -8.88. The molecule has 11 aliphatic rings. The van der Waals surface area contributed by atoms with Gasteiger partial charge in [-0.15, -0.1) is 19.7 Å². The molecule has 8 aliphatic carbocycles. The molecule has 39 heteroatoms. The van der Waals surface area contributed by atoms with Crippen molar-refractivity contribution in [2.45, 2.75) is 419 Å². The molecule has 11 fully saturated rings. The minimum atomic E-state index is -3.57. The summed E-state index contributed by atoms with van der Waals surface area (Å²) in [6, 6.07) is -10.7. The summed E-state index contributed by atoms with van der Waals surface area (Å²) >= 11 is 0. The Morgan fingerprint density at radius 1 is 0.358 bits per heavy atom. The van der Waals surface area contributed by atoms with E-state index in [2.05, 4.69) is 125 Å². The van der Waals surface area contributed by atoms with Crippen molar-refractivity contribution in [1.29, 1.82) is 0 Å². The number of unbranched alkanes of at least 4 members (excludes halogenated alkanes) is 1. The topological polar surface area (TPSA) is 513 Å². The van der Waals surface area contributed by atoms with Crippen LogP contribution in [0.2, 0.25) is 0 Å². The third-order valence-corrected chi connectivity index (χ3v) is 42.6. The first-order valence-corrected chi connectivity index (χ1v) is 59.2. The predicted octanol–water partition coefficient (Wildman–Crippen LogP) is 10.5. The van der Waals surface area contributed by atoms with E-state index in [-0.39, 0.29) is 107 Å². The number of piperidine rings is 3. The zero-order valence-electron chi connectivity index (χ0n) is 93.3. The van der Waals surface area contributed by atoms with Gasteiger partial charge in [-0.3, -0.25) is 57.5 Å². The lowest BCUT2D eigenvalue weighted by Crippen LogP contribution is -2.64. The summed E-state index contributed by atoms with van der Waals surface area (Å²) in [5.74, 6) is -7.65. The van der Waals surface area contributed by atoms with Crippen LogP contribution in [0.15, 0.2) is 38.0 Å². The second-order valence-electron chi connectivity index (χ2n) is 52.3. The summed E-state index contributed by atoms with van der Waals surface area (Å²) in [5.41, 5.74) is -5.78. The maximum absolute atomic E-state index is 14.5. The number of fused-ring (bicyclic) bond motifs is 3. The summed E-state index contributed by atoms with van der Waals surface area (Å²) in [7, 11) is -10.7. The molecule has 11 rings (SSSR count). The van der Waals surface area contributed by atoms with Crippen molar-refractivity contribution in [3.63, 3.8) is 0 Å². The van der Waals surface area contributed by atoms with Gasteiger partial charge in [0.2, 0.25) is 52.8 Å². The van der Waals surface area contributed by atoms with Crippen LogP contribution in [-0.2, 0) is 87.0 Å². The average Bonchev–Trinajstić information content (AvgIpc) is 1.53. The van der Waals surface area contributed by atoms with Crippen LogP contribution in [0.5, 0.6) is 0 Å². The molecule has 3 aliphatic heterocycles. The molecule has 0 spiro atoms. The molecular formula is C109H181N15O21S3. The first-order chi connectivity index (χ1) is 68.2. The second kappa shape index (κ2) is 47.0. The highest BCUT2D eigenvalue weighted by atomic mass is 32.2. The molecule has 0 radical (unpaired) electrons. The molecule has 148 heavy (non-hydrogen) atoms. The summed E-state index contributed by atoms with van der Waals surface area (Å²) in [6.45, 7) is 58.0. The summed E-state index contributed by atoms with van der Waals surface area (Å²) in [6.07, 6.45) is 21.5. The normalized spacial score (nSPS) is 25.0. The van der Waals surface area contributed by atoms with Crippen LogP contribution in [-0.4, -0.2) is 270 Å². The van der Waals surface area contributed by atoms with Crippen molar-refractivity contribution in [1.82, 2.24) is 78.5 Å². The molecule has 15 amide bonds. The Balaban J connectivity index is 0.000000247. The molecular weight excluding hydrogens is 1950 g/mol. The number of hydrogen-bond acceptors (Lipinski definition) is 21. The van der Waals surface area contributed by atoms with Crippen LogP contribution in [0.25, 0.3) is 0 Å². The first kappa shape index (κ1) is 123. The third-order valence-electron chi connectivity index (χ3n) is 34.1. The number of carbonyl (C=O) groups is 15. The van der Waals surface area contributed by atoms with E-state index in [0.29, 0.717) is 83.8 Å². The van der Waals surface area contributed by atoms with Crippen LogP contribution in [0.3, 0.4) is 0 Å². The Morgan fingerprint density at radius 2 is 0.608 bits per heavy atom. The number of nitrogens with one attached hydrogen (secondary N) is 12. The van der Waals surface area contributed by atoms with Crippen molar-refractivity contribution in [2.24, 2.45) is 79.8 Å². The molecule has 3 heterocycles. The number of Topliss-reactive ketones (excluding diaryl/α,β-unsaturated/α-hetero) is 3. The monoisotopic (exact) mass is 2130 g/mol. The molecule has 12 N–H and O–H groups in total. The lowest BCUT2D eigenvalue weighted by molar-refractivity contribution is -0.145. The Morgan fingerprint density at radius 3 is 0.838 bits per heavy atom. The lowest BCUT2D eigenvalue weighted by atomic mass is 9.83. The van der Waals surface area contributed by atoms with Crippen molar-refractivity contribution in [3.8, 4) is 0 Å². The molecule has 36 nitrogen and oxygen atoms in total. The van der Waals surface area contributed by atoms with Gasteiger partial charge in [0.1, 0.15) is 36.3 Å². The van der Waals surface area contributed by atoms with Crippen molar-refractivity contribution >= 4 is 118 Å². The Bertz CT molecular complexity index is 5300. The zero-order chi connectivity index (χ0) is 111. The molecule has 8 saturated carbocycles. The minimum Gasteiger partial charge on any atom is -0.346 e. The highest BCUT2D eigenvalue weighted by Gasteiger charge is 2.73. The number of hydrogen-bond donors (Lipinski definition) is 12. The molecule has 3 unspecified atom stereocenters. The van der Waals surface area contributed by atoms with Gasteiger partial charge in [-0.25, -0.2) is 39.6 Å². The number of nitrogens with zero attached hydrogens (tertiary/aromatic N) is 3. The van der Waals surface area contributed by atoms with Crippen molar-refractivity contribution in [2.75, 3.05) is 56.5 Å². The van der Waals surface area contributed by atoms with Gasteiger partial charge in [0.05, 0.1) is 66.2 Å². The predicted molar refractivity (Wildman–Crippen MR) is 571 cm³/mol. The quantitative estimate of drug-likeness (QED) is 0.0199. The molecule has 0 aromatic rings. The number of urea groups is 3. The molecule has 0 aromatic heterocycles. The van der Waals surface area contributed by atoms with E-state index < -0.39 is 220 Å². The fraction of sp³-hybridized carbons (Fsp3) is 0.807. The van der Waals surface area contributed by atoms with Gasteiger partial charge in [0.15, 0.2) is 29.5 Å².